The molecule has 4 heteroatoms. The number of aliphatic hydroxyl groups excluding tert-OH is 1. The summed E-state index contributed by atoms with van der Waals surface area (Å²) in [6.45, 7) is 3.81. The van der Waals surface area contributed by atoms with Crippen LogP contribution in [0.2, 0.25) is 0 Å². The van der Waals surface area contributed by atoms with Gasteiger partial charge in [-0.3, -0.25) is 0 Å². The predicted octanol–water partition coefficient (Wildman–Crippen LogP) is 2.80. The molecule has 0 radical (unpaired) electrons. The first-order valence-corrected chi connectivity index (χ1v) is 6.78. The molecule has 0 saturated carbocycles. The number of methoxy groups -OCH3 is 1. The summed E-state index contributed by atoms with van der Waals surface area (Å²) >= 11 is 0. The van der Waals surface area contributed by atoms with Crippen molar-refractivity contribution in [2.75, 3.05) is 20.2 Å². The Kier molecular flexibility index (Phi) is 10.6. The van der Waals surface area contributed by atoms with Gasteiger partial charge in [-0.2, -0.15) is 0 Å². The number of nitrogens with one attached hydrogen (secondary N) is 1. The van der Waals surface area contributed by atoms with Crippen LogP contribution in [-0.2, 0) is 6.42 Å². The summed E-state index contributed by atoms with van der Waals surface area (Å²) in [4.78, 5) is 0. The fourth-order valence-electron chi connectivity index (χ4n) is 1.97. The highest BCUT2D eigenvalue weighted by molar-refractivity contribution is 5.85. The predicted molar refractivity (Wildman–Crippen MR) is 82.3 cm³/mol. The van der Waals surface area contributed by atoms with Crippen LogP contribution >= 0.6 is 12.4 Å². The van der Waals surface area contributed by atoms with Gasteiger partial charge in [-0.15, -0.1) is 12.4 Å². The summed E-state index contributed by atoms with van der Waals surface area (Å²) in [6, 6.07) is 7.84. The van der Waals surface area contributed by atoms with Crippen LogP contribution in [-0.4, -0.2) is 31.4 Å². The average Bonchev–Trinajstić information content (AvgIpc) is 2.39. The Bertz CT molecular complexity index is 334. The second kappa shape index (κ2) is 11.1. The van der Waals surface area contributed by atoms with E-state index in [1.807, 2.05) is 24.3 Å². The number of para-hydroxylation sites is 1. The third-order valence-electron chi connectivity index (χ3n) is 2.99. The van der Waals surface area contributed by atoms with E-state index in [9.17, 15) is 5.11 Å². The molecule has 0 aromatic heterocycles. The highest BCUT2D eigenvalue weighted by Crippen LogP contribution is 2.18. The topological polar surface area (TPSA) is 41.5 Å². The maximum Gasteiger partial charge on any atom is 0.122 e. The Morgan fingerprint density at radius 3 is 2.68 bits per heavy atom. The van der Waals surface area contributed by atoms with Crippen LogP contribution < -0.4 is 10.1 Å². The van der Waals surface area contributed by atoms with Crippen molar-refractivity contribution in [3.63, 3.8) is 0 Å². The van der Waals surface area contributed by atoms with Crippen LogP contribution in [0.5, 0.6) is 5.75 Å². The molecule has 3 nitrogen and oxygen atoms in total. The van der Waals surface area contributed by atoms with Crippen molar-refractivity contribution in [2.45, 2.75) is 38.7 Å². The van der Waals surface area contributed by atoms with Gasteiger partial charge in [-0.05, 0) is 24.6 Å². The quantitative estimate of drug-likeness (QED) is 0.686. The molecule has 110 valence electrons. The van der Waals surface area contributed by atoms with Gasteiger partial charge in [0, 0.05) is 13.0 Å². The van der Waals surface area contributed by atoms with Gasteiger partial charge in [-0.1, -0.05) is 38.0 Å². The number of aliphatic hydroxyl groups is 1. The van der Waals surface area contributed by atoms with Crippen LogP contribution in [0.4, 0.5) is 0 Å². The van der Waals surface area contributed by atoms with Gasteiger partial charge in [0.25, 0.3) is 0 Å². The lowest BCUT2D eigenvalue weighted by Crippen LogP contribution is -2.29. The summed E-state index contributed by atoms with van der Waals surface area (Å²) in [5.74, 6) is 0.850. The summed E-state index contributed by atoms with van der Waals surface area (Å²) in [5.41, 5.74) is 1.06. The lowest BCUT2D eigenvalue weighted by molar-refractivity contribution is 0.171. The Morgan fingerprint density at radius 2 is 2.00 bits per heavy atom. The van der Waals surface area contributed by atoms with Gasteiger partial charge in [0.05, 0.1) is 13.2 Å². The van der Waals surface area contributed by atoms with E-state index in [0.717, 1.165) is 17.9 Å². The van der Waals surface area contributed by atoms with Crippen LogP contribution in [0.15, 0.2) is 24.3 Å². The number of hydrogen-bond donors (Lipinski definition) is 2. The number of ether oxygens (including phenoxy) is 1. The molecular formula is C15H26ClNO2. The molecule has 0 aliphatic rings. The summed E-state index contributed by atoms with van der Waals surface area (Å²) in [7, 11) is 1.66. The first-order valence-electron chi connectivity index (χ1n) is 6.78. The normalized spacial score (nSPS) is 11.7. The van der Waals surface area contributed by atoms with E-state index in [1.165, 1.54) is 19.3 Å². The fraction of sp³-hybridized carbons (Fsp3) is 0.600. The van der Waals surface area contributed by atoms with E-state index >= 15 is 0 Å². The van der Waals surface area contributed by atoms with Crippen LogP contribution in [0.1, 0.15) is 31.7 Å². The number of benzene rings is 1. The van der Waals surface area contributed by atoms with Gasteiger partial charge in [0.15, 0.2) is 0 Å². The molecule has 1 rings (SSSR count). The maximum atomic E-state index is 9.96. The van der Waals surface area contributed by atoms with E-state index in [0.29, 0.717) is 13.0 Å². The molecular weight excluding hydrogens is 262 g/mol. The highest BCUT2D eigenvalue weighted by Gasteiger charge is 2.08. The van der Waals surface area contributed by atoms with E-state index in [4.69, 9.17) is 4.74 Å². The molecule has 0 saturated heterocycles. The third kappa shape index (κ3) is 7.41. The molecule has 1 atom stereocenters. The van der Waals surface area contributed by atoms with Gasteiger partial charge in [0.1, 0.15) is 5.75 Å². The molecule has 0 heterocycles. The van der Waals surface area contributed by atoms with Crippen molar-refractivity contribution < 1.29 is 9.84 Å². The average molecular weight is 288 g/mol. The molecule has 0 amide bonds. The van der Waals surface area contributed by atoms with E-state index in [2.05, 4.69) is 12.2 Å². The Hall–Kier alpha value is -0.770. The van der Waals surface area contributed by atoms with Gasteiger partial charge < -0.3 is 15.2 Å². The van der Waals surface area contributed by atoms with Gasteiger partial charge >= 0.3 is 0 Å². The van der Waals surface area contributed by atoms with Crippen molar-refractivity contribution >= 4 is 12.4 Å². The van der Waals surface area contributed by atoms with E-state index in [-0.39, 0.29) is 18.5 Å². The van der Waals surface area contributed by atoms with Crippen molar-refractivity contribution in [3.8, 4) is 5.75 Å². The van der Waals surface area contributed by atoms with E-state index < -0.39 is 0 Å². The molecule has 19 heavy (non-hydrogen) atoms. The molecule has 0 bridgehead atoms. The first kappa shape index (κ1) is 18.2. The highest BCUT2D eigenvalue weighted by atomic mass is 35.5. The molecule has 1 aromatic carbocycles. The summed E-state index contributed by atoms with van der Waals surface area (Å²) in [5, 5.41) is 13.2. The lowest BCUT2D eigenvalue weighted by atomic mass is 10.1. The molecule has 2 N–H and O–H groups in total. The third-order valence-corrected chi connectivity index (χ3v) is 2.99. The van der Waals surface area contributed by atoms with Gasteiger partial charge in [-0.25, -0.2) is 0 Å². The molecule has 1 aromatic rings. The zero-order chi connectivity index (χ0) is 13.2. The van der Waals surface area contributed by atoms with Crippen molar-refractivity contribution in [2.24, 2.45) is 0 Å². The zero-order valence-corrected chi connectivity index (χ0v) is 12.7. The smallest absolute Gasteiger partial charge is 0.122 e. The second-order valence-corrected chi connectivity index (χ2v) is 4.58. The van der Waals surface area contributed by atoms with Crippen molar-refractivity contribution in [3.05, 3.63) is 29.8 Å². The second-order valence-electron chi connectivity index (χ2n) is 4.58. The molecule has 0 aliphatic carbocycles. The number of halogens is 1. The van der Waals surface area contributed by atoms with Crippen LogP contribution in [0.3, 0.4) is 0 Å². The van der Waals surface area contributed by atoms with Crippen LogP contribution in [0.25, 0.3) is 0 Å². The SMILES string of the molecule is CCCCCNCC(O)Cc1ccccc1OC.Cl. The Morgan fingerprint density at radius 1 is 1.26 bits per heavy atom. The first-order chi connectivity index (χ1) is 8.77. The molecule has 0 fully saturated rings. The molecule has 1 unspecified atom stereocenters. The lowest BCUT2D eigenvalue weighted by Gasteiger charge is -2.14. The largest absolute Gasteiger partial charge is 0.496 e. The minimum atomic E-state index is -0.358. The zero-order valence-electron chi connectivity index (χ0n) is 11.9. The molecule has 0 spiro atoms. The fourth-order valence-corrected chi connectivity index (χ4v) is 1.97. The standard InChI is InChI=1S/C15H25NO2.ClH/c1-3-4-7-10-16-12-14(17)11-13-8-5-6-9-15(13)18-2;/h5-6,8-9,14,16-17H,3-4,7,10-12H2,1-2H3;1H. The number of rotatable bonds is 9. The minimum Gasteiger partial charge on any atom is -0.496 e. The summed E-state index contributed by atoms with van der Waals surface area (Å²) < 4.78 is 5.27. The molecule has 0 aliphatic heterocycles. The summed E-state index contributed by atoms with van der Waals surface area (Å²) in [6.07, 6.45) is 3.92. The number of hydrogen-bond acceptors (Lipinski definition) is 3. The Labute approximate surface area is 122 Å². The van der Waals surface area contributed by atoms with Gasteiger partial charge in [0.2, 0.25) is 0 Å². The maximum absolute atomic E-state index is 9.96. The minimum absolute atomic E-state index is 0. The van der Waals surface area contributed by atoms with Crippen LogP contribution in [0, 0.1) is 0 Å². The monoisotopic (exact) mass is 287 g/mol. The van der Waals surface area contributed by atoms with Crippen molar-refractivity contribution in [1.29, 1.82) is 0 Å². The number of unbranched alkanes of at least 4 members (excludes halogenated alkanes) is 2. The van der Waals surface area contributed by atoms with Crippen molar-refractivity contribution in [1.82, 2.24) is 5.32 Å². The Balaban J connectivity index is 0.00000324. The van der Waals surface area contributed by atoms with E-state index in [1.54, 1.807) is 7.11 Å².